The SMILES string of the molecule is CCCCCCC(COS(=O)(=O)O)OS(=O)(=O)O. The first-order chi connectivity index (χ1) is 8.14. The zero-order chi connectivity index (χ0) is 14.2. The third-order valence-corrected chi connectivity index (χ3v) is 2.99. The van der Waals surface area contributed by atoms with E-state index in [1.165, 1.54) is 0 Å². The van der Waals surface area contributed by atoms with Crippen molar-refractivity contribution in [3.63, 3.8) is 0 Å². The van der Waals surface area contributed by atoms with Gasteiger partial charge in [0.25, 0.3) is 0 Å². The van der Waals surface area contributed by atoms with E-state index in [0.29, 0.717) is 6.42 Å². The van der Waals surface area contributed by atoms with Crippen LogP contribution in [0.15, 0.2) is 0 Å². The molecule has 8 nitrogen and oxygen atoms in total. The van der Waals surface area contributed by atoms with Gasteiger partial charge in [-0.05, 0) is 6.42 Å². The summed E-state index contributed by atoms with van der Waals surface area (Å²) in [5, 5.41) is 0. The highest BCUT2D eigenvalue weighted by Gasteiger charge is 2.19. The lowest BCUT2D eigenvalue weighted by molar-refractivity contribution is 0.106. The quantitative estimate of drug-likeness (QED) is 0.451. The van der Waals surface area contributed by atoms with E-state index in [-0.39, 0.29) is 6.42 Å². The summed E-state index contributed by atoms with van der Waals surface area (Å²) in [6, 6.07) is 0. The van der Waals surface area contributed by atoms with Gasteiger partial charge in [0.15, 0.2) is 0 Å². The first kappa shape index (κ1) is 17.7. The van der Waals surface area contributed by atoms with Crippen LogP contribution in [0.1, 0.15) is 39.0 Å². The Bertz CT molecular complexity index is 412. The van der Waals surface area contributed by atoms with E-state index in [9.17, 15) is 16.8 Å². The maximum atomic E-state index is 10.5. The van der Waals surface area contributed by atoms with Gasteiger partial charge in [0, 0.05) is 0 Å². The molecule has 0 amide bonds. The fourth-order valence-corrected chi connectivity index (χ4v) is 2.11. The van der Waals surface area contributed by atoms with E-state index in [2.05, 4.69) is 8.37 Å². The smallest absolute Gasteiger partial charge is 0.264 e. The lowest BCUT2D eigenvalue weighted by Crippen LogP contribution is -2.25. The minimum Gasteiger partial charge on any atom is -0.264 e. The molecule has 110 valence electrons. The van der Waals surface area contributed by atoms with Crippen molar-refractivity contribution < 1.29 is 34.3 Å². The van der Waals surface area contributed by atoms with Gasteiger partial charge in [-0.2, -0.15) is 16.8 Å². The molecular formula is C8H18O8S2. The van der Waals surface area contributed by atoms with Crippen LogP contribution in [0.5, 0.6) is 0 Å². The van der Waals surface area contributed by atoms with E-state index in [4.69, 9.17) is 9.11 Å². The molecule has 0 rings (SSSR count). The second kappa shape index (κ2) is 8.02. The number of hydrogen-bond donors (Lipinski definition) is 2. The van der Waals surface area contributed by atoms with E-state index in [1.807, 2.05) is 6.92 Å². The van der Waals surface area contributed by atoms with Crippen molar-refractivity contribution in [2.75, 3.05) is 6.61 Å². The monoisotopic (exact) mass is 306 g/mol. The molecule has 0 saturated heterocycles. The number of hydrogen-bond acceptors (Lipinski definition) is 6. The van der Waals surface area contributed by atoms with E-state index >= 15 is 0 Å². The summed E-state index contributed by atoms with van der Waals surface area (Å²) >= 11 is 0. The molecule has 0 spiro atoms. The Kier molecular flexibility index (Phi) is 7.90. The molecule has 18 heavy (non-hydrogen) atoms. The van der Waals surface area contributed by atoms with Crippen LogP contribution >= 0.6 is 0 Å². The van der Waals surface area contributed by atoms with Crippen molar-refractivity contribution in [2.45, 2.75) is 45.1 Å². The fourth-order valence-electron chi connectivity index (χ4n) is 1.29. The molecule has 0 saturated carbocycles. The zero-order valence-corrected chi connectivity index (χ0v) is 11.6. The maximum Gasteiger partial charge on any atom is 0.397 e. The van der Waals surface area contributed by atoms with Crippen LogP contribution in [-0.2, 0) is 29.2 Å². The summed E-state index contributed by atoms with van der Waals surface area (Å²) in [6.45, 7) is 1.32. The van der Waals surface area contributed by atoms with Gasteiger partial charge in [0.2, 0.25) is 0 Å². The van der Waals surface area contributed by atoms with Gasteiger partial charge in [0.05, 0.1) is 6.61 Å². The van der Waals surface area contributed by atoms with Gasteiger partial charge < -0.3 is 0 Å². The number of rotatable bonds is 10. The van der Waals surface area contributed by atoms with Gasteiger partial charge >= 0.3 is 20.8 Å². The summed E-state index contributed by atoms with van der Waals surface area (Å²) < 4.78 is 66.9. The van der Waals surface area contributed by atoms with Crippen LogP contribution in [-0.4, -0.2) is 38.7 Å². The van der Waals surface area contributed by atoms with Crippen LogP contribution in [0.25, 0.3) is 0 Å². The van der Waals surface area contributed by atoms with Gasteiger partial charge in [-0.25, -0.2) is 8.37 Å². The molecule has 0 radical (unpaired) electrons. The second-order valence-electron chi connectivity index (χ2n) is 3.71. The molecule has 0 aromatic carbocycles. The molecule has 0 fully saturated rings. The number of unbranched alkanes of at least 4 members (excludes halogenated alkanes) is 3. The van der Waals surface area contributed by atoms with Crippen LogP contribution in [0.2, 0.25) is 0 Å². The third-order valence-electron chi connectivity index (χ3n) is 2.04. The average molecular weight is 306 g/mol. The molecule has 10 heteroatoms. The van der Waals surface area contributed by atoms with E-state index in [0.717, 1.165) is 19.3 Å². The minimum atomic E-state index is -4.69. The summed E-state index contributed by atoms with van der Waals surface area (Å²) in [7, 11) is -9.36. The summed E-state index contributed by atoms with van der Waals surface area (Å²) in [6.07, 6.45) is 2.35. The standard InChI is InChI=1S/C8H18O8S2/c1-2-3-4-5-6-8(16-18(12,13)14)7-15-17(9,10)11/h8H,2-7H2,1H3,(H,9,10,11)(H,12,13,14). The molecule has 0 aromatic heterocycles. The first-order valence-corrected chi connectivity index (χ1v) is 8.14. The van der Waals surface area contributed by atoms with Crippen molar-refractivity contribution >= 4 is 20.8 Å². The van der Waals surface area contributed by atoms with Crippen LogP contribution in [0.3, 0.4) is 0 Å². The van der Waals surface area contributed by atoms with E-state index in [1.54, 1.807) is 0 Å². The van der Waals surface area contributed by atoms with Crippen LogP contribution in [0.4, 0.5) is 0 Å². The highest BCUT2D eigenvalue weighted by Crippen LogP contribution is 2.11. The van der Waals surface area contributed by atoms with Crippen molar-refractivity contribution in [3.8, 4) is 0 Å². The summed E-state index contributed by atoms with van der Waals surface area (Å²) in [4.78, 5) is 0. The lowest BCUT2D eigenvalue weighted by atomic mass is 10.1. The van der Waals surface area contributed by atoms with Crippen molar-refractivity contribution in [2.24, 2.45) is 0 Å². The van der Waals surface area contributed by atoms with Crippen LogP contribution < -0.4 is 0 Å². The Balaban J connectivity index is 4.25. The van der Waals surface area contributed by atoms with Gasteiger partial charge in [-0.1, -0.05) is 32.6 Å². The fraction of sp³-hybridized carbons (Fsp3) is 1.00. The second-order valence-corrected chi connectivity index (χ2v) is 5.85. The molecule has 0 aliphatic rings. The first-order valence-electron chi connectivity index (χ1n) is 5.41. The Morgan fingerprint density at radius 2 is 1.61 bits per heavy atom. The van der Waals surface area contributed by atoms with Crippen LogP contribution in [0, 0.1) is 0 Å². The summed E-state index contributed by atoms with van der Waals surface area (Å²) in [5.74, 6) is 0. The minimum absolute atomic E-state index is 0.190. The molecule has 1 unspecified atom stereocenters. The molecule has 0 aromatic rings. The van der Waals surface area contributed by atoms with Crippen molar-refractivity contribution in [1.82, 2.24) is 0 Å². The molecule has 2 N–H and O–H groups in total. The average Bonchev–Trinajstić information content (AvgIpc) is 2.17. The van der Waals surface area contributed by atoms with Crippen molar-refractivity contribution in [3.05, 3.63) is 0 Å². The summed E-state index contributed by atoms with van der Waals surface area (Å²) in [5.41, 5.74) is 0. The highest BCUT2D eigenvalue weighted by atomic mass is 32.3. The molecule has 1 atom stereocenters. The third kappa shape index (κ3) is 12.2. The maximum absolute atomic E-state index is 10.5. The van der Waals surface area contributed by atoms with Crippen molar-refractivity contribution in [1.29, 1.82) is 0 Å². The van der Waals surface area contributed by atoms with Gasteiger partial charge in [-0.15, -0.1) is 0 Å². The molecule has 0 aliphatic heterocycles. The lowest BCUT2D eigenvalue weighted by Gasteiger charge is -2.14. The Morgan fingerprint density at radius 3 is 2.06 bits per heavy atom. The molecular weight excluding hydrogens is 288 g/mol. The van der Waals surface area contributed by atoms with Gasteiger partial charge in [0.1, 0.15) is 6.10 Å². The van der Waals surface area contributed by atoms with Gasteiger partial charge in [-0.3, -0.25) is 9.11 Å². The largest absolute Gasteiger partial charge is 0.397 e. The predicted octanol–water partition coefficient (Wildman–Crippen LogP) is 0.964. The Morgan fingerprint density at radius 1 is 1.00 bits per heavy atom. The Hall–Kier alpha value is -0.260. The molecule has 0 bridgehead atoms. The van der Waals surface area contributed by atoms with E-state index < -0.39 is 33.5 Å². The Labute approximate surface area is 107 Å². The molecule has 0 heterocycles. The highest BCUT2D eigenvalue weighted by molar-refractivity contribution is 7.81. The topological polar surface area (TPSA) is 127 Å². The zero-order valence-electron chi connectivity index (χ0n) is 9.98. The normalized spacial score (nSPS) is 14.6. The molecule has 0 aliphatic carbocycles. The predicted molar refractivity (Wildman–Crippen MR) is 62.7 cm³/mol.